The predicted molar refractivity (Wildman–Crippen MR) is 121 cm³/mol. The summed E-state index contributed by atoms with van der Waals surface area (Å²) in [5.41, 5.74) is 2.95. The molecular weight excluding hydrogens is 420 g/mol. The van der Waals surface area contributed by atoms with E-state index in [2.05, 4.69) is 27.0 Å². The summed E-state index contributed by atoms with van der Waals surface area (Å²) < 4.78 is 27.6. The van der Waals surface area contributed by atoms with Crippen LogP contribution in [0.5, 0.6) is 0 Å². The maximum atomic E-state index is 13.0. The fourth-order valence-corrected chi connectivity index (χ4v) is 4.47. The van der Waals surface area contributed by atoms with Crippen LogP contribution in [0.15, 0.2) is 53.7 Å². The van der Waals surface area contributed by atoms with E-state index in [-0.39, 0.29) is 17.6 Å². The number of amides is 1. The van der Waals surface area contributed by atoms with Crippen molar-refractivity contribution in [3.8, 4) is 0 Å². The molecule has 2 aromatic carbocycles. The molecule has 1 aliphatic rings. The van der Waals surface area contributed by atoms with Gasteiger partial charge in [-0.25, -0.2) is 4.98 Å². The second-order valence-corrected chi connectivity index (χ2v) is 8.29. The highest BCUT2D eigenvalue weighted by atomic mass is 32.2. The molecule has 1 saturated heterocycles. The number of anilines is 2. The number of thioether (sulfide) groups is 1. The molecule has 1 N–H and O–H groups in total. The van der Waals surface area contributed by atoms with Crippen LogP contribution in [0.1, 0.15) is 6.92 Å². The average Bonchev–Trinajstić information content (AvgIpc) is 3.10. The molecule has 1 aliphatic heterocycles. The first-order valence-electron chi connectivity index (χ1n) is 10.3. The molecule has 3 aromatic rings. The van der Waals surface area contributed by atoms with Crippen LogP contribution in [0, 0.1) is 0 Å². The molecule has 164 valence electrons. The van der Waals surface area contributed by atoms with E-state index in [4.69, 9.17) is 0 Å². The van der Waals surface area contributed by atoms with Gasteiger partial charge in [-0.05, 0) is 42.6 Å². The number of halogens is 2. The van der Waals surface area contributed by atoms with Gasteiger partial charge in [0, 0.05) is 26.2 Å². The number of nitrogens with one attached hydrogen (secondary N) is 1. The second kappa shape index (κ2) is 9.65. The maximum Gasteiger partial charge on any atom is 0.291 e. The fraction of sp³-hybridized carbons (Fsp3) is 0.364. The Morgan fingerprint density at radius 2 is 1.81 bits per heavy atom. The molecule has 1 aromatic heterocycles. The van der Waals surface area contributed by atoms with Gasteiger partial charge in [0.05, 0.1) is 22.4 Å². The third-order valence-corrected chi connectivity index (χ3v) is 6.15. The van der Waals surface area contributed by atoms with E-state index in [9.17, 15) is 13.6 Å². The molecule has 6 nitrogen and oxygen atoms in total. The molecule has 1 fully saturated rings. The van der Waals surface area contributed by atoms with E-state index in [1.54, 1.807) is 28.8 Å². The van der Waals surface area contributed by atoms with Gasteiger partial charge in [-0.3, -0.25) is 4.79 Å². The van der Waals surface area contributed by atoms with E-state index in [0.29, 0.717) is 22.8 Å². The number of para-hydroxylation sites is 4. The van der Waals surface area contributed by atoms with E-state index in [1.807, 2.05) is 24.3 Å². The molecule has 1 amide bonds. The van der Waals surface area contributed by atoms with Gasteiger partial charge in [0.1, 0.15) is 6.54 Å². The third kappa shape index (κ3) is 4.99. The number of nitrogens with zero attached hydrogens (tertiary/aromatic N) is 4. The normalized spacial score (nSPS) is 15.0. The van der Waals surface area contributed by atoms with E-state index >= 15 is 0 Å². The Bertz CT molecular complexity index is 1050. The van der Waals surface area contributed by atoms with Crippen LogP contribution in [0.2, 0.25) is 0 Å². The minimum absolute atomic E-state index is 0.0898. The molecule has 0 spiro atoms. The molecule has 0 radical (unpaired) electrons. The average molecular weight is 446 g/mol. The van der Waals surface area contributed by atoms with Gasteiger partial charge in [0.15, 0.2) is 5.16 Å². The Balaban J connectivity index is 1.53. The van der Waals surface area contributed by atoms with Crippen LogP contribution in [0.4, 0.5) is 20.2 Å². The summed E-state index contributed by atoms with van der Waals surface area (Å²) in [6.07, 6.45) is 0. The van der Waals surface area contributed by atoms with Crippen molar-refractivity contribution in [3.05, 3.63) is 48.5 Å². The number of aromatic nitrogens is 2. The molecule has 0 atom stereocenters. The number of piperazine rings is 1. The van der Waals surface area contributed by atoms with Crippen molar-refractivity contribution in [1.82, 2.24) is 14.5 Å². The quantitative estimate of drug-likeness (QED) is 0.554. The zero-order valence-electron chi connectivity index (χ0n) is 17.3. The first-order chi connectivity index (χ1) is 15.0. The van der Waals surface area contributed by atoms with Crippen molar-refractivity contribution >= 4 is 40.1 Å². The standard InChI is InChI=1S/C22H25F2N5OS/c1-2-27-11-13-28(14-12-27)18-9-5-3-7-16(18)25-20(30)15-29-19-10-6-4-8-17(19)26-22(29)31-21(23)24/h3-10,21H,2,11-15H2,1H3,(H,25,30). The zero-order chi connectivity index (χ0) is 21.8. The van der Waals surface area contributed by atoms with Crippen LogP contribution in [0.3, 0.4) is 0 Å². The largest absolute Gasteiger partial charge is 0.367 e. The predicted octanol–water partition coefficient (Wildman–Crippen LogP) is 4.13. The lowest BCUT2D eigenvalue weighted by molar-refractivity contribution is -0.116. The number of likely N-dealkylation sites (N-methyl/N-ethyl adjacent to an activating group) is 1. The summed E-state index contributed by atoms with van der Waals surface area (Å²) in [5, 5.41) is 3.11. The summed E-state index contributed by atoms with van der Waals surface area (Å²) >= 11 is 0.353. The summed E-state index contributed by atoms with van der Waals surface area (Å²) in [7, 11) is 0. The number of alkyl halides is 2. The van der Waals surface area contributed by atoms with Crippen LogP contribution in [-0.2, 0) is 11.3 Å². The second-order valence-electron chi connectivity index (χ2n) is 7.33. The highest BCUT2D eigenvalue weighted by molar-refractivity contribution is 7.99. The van der Waals surface area contributed by atoms with Gasteiger partial charge < -0.3 is 19.7 Å². The summed E-state index contributed by atoms with van der Waals surface area (Å²) in [4.78, 5) is 21.8. The van der Waals surface area contributed by atoms with Crippen LogP contribution in [-0.4, -0.2) is 58.8 Å². The molecule has 0 aliphatic carbocycles. The van der Waals surface area contributed by atoms with Gasteiger partial charge in [0.25, 0.3) is 5.76 Å². The Morgan fingerprint density at radius 1 is 1.10 bits per heavy atom. The highest BCUT2D eigenvalue weighted by Crippen LogP contribution is 2.30. The molecule has 2 heterocycles. The molecule has 31 heavy (non-hydrogen) atoms. The van der Waals surface area contributed by atoms with Gasteiger partial charge in [-0.15, -0.1) is 0 Å². The van der Waals surface area contributed by atoms with Crippen molar-refractivity contribution < 1.29 is 13.6 Å². The number of carbonyl (C=O) groups excluding carboxylic acids is 1. The van der Waals surface area contributed by atoms with E-state index in [1.165, 1.54) is 0 Å². The molecular formula is C22H25F2N5OS. The smallest absolute Gasteiger partial charge is 0.291 e. The van der Waals surface area contributed by atoms with Gasteiger partial charge in [-0.2, -0.15) is 8.78 Å². The van der Waals surface area contributed by atoms with Crippen LogP contribution < -0.4 is 10.2 Å². The highest BCUT2D eigenvalue weighted by Gasteiger charge is 2.21. The number of carbonyl (C=O) groups is 1. The van der Waals surface area contributed by atoms with Crippen LogP contribution >= 0.6 is 11.8 Å². The Labute approximate surface area is 184 Å². The lowest BCUT2D eigenvalue weighted by Gasteiger charge is -2.36. The summed E-state index contributed by atoms with van der Waals surface area (Å²) in [6, 6.07) is 14.9. The zero-order valence-corrected chi connectivity index (χ0v) is 18.1. The molecule has 9 heteroatoms. The van der Waals surface area contributed by atoms with Crippen molar-refractivity contribution in [3.63, 3.8) is 0 Å². The Kier molecular flexibility index (Phi) is 6.72. The molecule has 0 unspecified atom stereocenters. The van der Waals surface area contributed by atoms with Crippen LogP contribution in [0.25, 0.3) is 11.0 Å². The van der Waals surface area contributed by atoms with Crippen molar-refractivity contribution in [2.45, 2.75) is 24.4 Å². The Hall–Kier alpha value is -2.65. The maximum absolute atomic E-state index is 13.0. The minimum Gasteiger partial charge on any atom is -0.367 e. The molecule has 0 bridgehead atoms. The van der Waals surface area contributed by atoms with E-state index < -0.39 is 5.76 Å². The van der Waals surface area contributed by atoms with Crippen molar-refractivity contribution in [2.75, 3.05) is 42.9 Å². The SMILES string of the molecule is CCN1CCN(c2ccccc2NC(=O)Cn2c(SC(F)F)nc3ccccc32)CC1. The topological polar surface area (TPSA) is 53.4 Å². The number of hydrogen-bond donors (Lipinski definition) is 1. The Morgan fingerprint density at radius 3 is 2.55 bits per heavy atom. The third-order valence-electron chi connectivity index (χ3n) is 5.45. The van der Waals surface area contributed by atoms with Gasteiger partial charge in [-0.1, -0.05) is 31.2 Å². The van der Waals surface area contributed by atoms with Gasteiger partial charge in [0.2, 0.25) is 5.91 Å². The number of imidazole rings is 1. The number of hydrogen-bond acceptors (Lipinski definition) is 5. The minimum atomic E-state index is -2.61. The monoisotopic (exact) mass is 445 g/mol. The van der Waals surface area contributed by atoms with Gasteiger partial charge >= 0.3 is 0 Å². The summed E-state index contributed by atoms with van der Waals surface area (Å²) in [5.74, 6) is -2.89. The molecule has 4 rings (SSSR count). The van der Waals surface area contributed by atoms with E-state index in [0.717, 1.165) is 44.1 Å². The number of fused-ring (bicyclic) bond motifs is 1. The number of rotatable bonds is 7. The lowest BCUT2D eigenvalue weighted by atomic mass is 10.2. The lowest BCUT2D eigenvalue weighted by Crippen LogP contribution is -2.46. The first-order valence-corrected chi connectivity index (χ1v) is 11.2. The summed E-state index contributed by atoms with van der Waals surface area (Å²) in [6.45, 7) is 6.84. The first kappa shape index (κ1) is 21.6. The number of benzene rings is 2. The molecule has 0 saturated carbocycles. The van der Waals surface area contributed by atoms with Crippen molar-refractivity contribution in [2.24, 2.45) is 0 Å². The fourth-order valence-electron chi connectivity index (χ4n) is 3.87. The van der Waals surface area contributed by atoms with Crippen molar-refractivity contribution in [1.29, 1.82) is 0 Å².